The highest BCUT2D eigenvalue weighted by Crippen LogP contribution is 2.33. The van der Waals surface area contributed by atoms with Crippen molar-refractivity contribution in [2.24, 2.45) is 0 Å². The van der Waals surface area contributed by atoms with Gasteiger partial charge in [-0.05, 0) is 91.4 Å². The molecule has 6 heteroatoms. The average Bonchev–Trinajstić information content (AvgIpc) is 3.42. The summed E-state index contributed by atoms with van der Waals surface area (Å²) < 4.78 is 8.94. The molecule has 1 saturated heterocycles. The molecule has 6 rings (SSSR count). The highest BCUT2D eigenvalue weighted by molar-refractivity contribution is 5.83. The minimum Gasteiger partial charge on any atom is -0.465 e. The number of piperidine rings is 1. The number of benzene rings is 4. The fourth-order valence-corrected chi connectivity index (χ4v) is 6.26. The summed E-state index contributed by atoms with van der Waals surface area (Å²) in [5.41, 5.74) is 4.15. The second-order valence-electron chi connectivity index (χ2n) is 11.1. The summed E-state index contributed by atoms with van der Waals surface area (Å²) in [5.74, 6) is 0.224. The summed E-state index contributed by atoms with van der Waals surface area (Å²) >= 11 is 0. The lowest BCUT2D eigenvalue weighted by Crippen LogP contribution is -2.40. The van der Waals surface area contributed by atoms with Crippen molar-refractivity contribution in [1.82, 2.24) is 14.0 Å². The van der Waals surface area contributed by atoms with Gasteiger partial charge in [0.25, 0.3) is 0 Å². The van der Waals surface area contributed by atoms with E-state index in [1.165, 1.54) is 16.3 Å². The van der Waals surface area contributed by atoms with Gasteiger partial charge in [-0.3, -0.25) is 14.0 Å². The van der Waals surface area contributed by atoms with Crippen LogP contribution in [-0.4, -0.2) is 39.7 Å². The Hall–Kier alpha value is -4.42. The summed E-state index contributed by atoms with van der Waals surface area (Å²) in [6, 6.07) is 32.5. The molecule has 0 spiro atoms. The molecule has 4 aromatic carbocycles. The number of rotatable bonds is 8. The first kappa shape index (κ1) is 27.7. The van der Waals surface area contributed by atoms with Crippen LogP contribution in [0.15, 0.2) is 114 Å². The Morgan fingerprint density at radius 2 is 1.52 bits per heavy atom. The maximum absolute atomic E-state index is 13.4. The van der Waals surface area contributed by atoms with Gasteiger partial charge in [0.1, 0.15) is 6.04 Å². The van der Waals surface area contributed by atoms with Crippen molar-refractivity contribution >= 4 is 16.7 Å². The van der Waals surface area contributed by atoms with E-state index in [0.29, 0.717) is 12.5 Å². The summed E-state index contributed by atoms with van der Waals surface area (Å²) in [5, 5.41) is 2.37. The van der Waals surface area contributed by atoms with E-state index < -0.39 is 0 Å². The minimum absolute atomic E-state index is 0.0531. The molecule has 6 nitrogen and oxygen atoms in total. The summed E-state index contributed by atoms with van der Waals surface area (Å²) in [4.78, 5) is 28.6. The Labute approximate surface area is 246 Å². The molecule has 0 bridgehead atoms. The summed E-state index contributed by atoms with van der Waals surface area (Å²) in [6.07, 6.45) is 5.65. The van der Waals surface area contributed by atoms with E-state index in [1.54, 1.807) is 9.13 Å². The molecule has 5 aromatic rings. The van der Waals surface area contributed by atoms with Gasteiger partial charge in [0.05, 0.1) is 18.3 Å². The summed E-state index contributed by atoms with van der Waals surface area (Å²) in [6.45, 7) is 5.93. The van der Waals surface area contributed by atoms with Crippen molar-refractivity contribution in [1.29, 1.82) is 0 Å². The van der Waals surface area contributed by atoms with E-state index in [-0.39, 0.29) is 23.7 Å². The van der Waals surface area contributed by atoms with Crippen LogP contribution in [0.2, 0.25) is 0 Å². The number of likely N-dealkylation sites (tertiary alicyclic amines) is 1. The molecule has 1 fully saturated rings. The first-order chi connectivity index (χ1) is 20.5. The van der Waals surface area contributed by atoms with Gasteiger partial charge in [-0.15, -0.1) is 0 Å². The van der Waals surface area contributed by atoms with E-state index in [4.69, 9.17) is 4.74 Å². The number of hydrogen-bond acceptors (Lipinski definition) is 4. The maximum Gasteiger partial charge on any atom is 0.333 e. The standard InChI is InChI=1S/C36H37N3O3/c1-3-42-35(40)34(30-10-5-4-6-11-30)37-21-19-29(20-22-37)28-15-17-33(18-16-28)39-24-23-38(36(39)41)26(2)31-14-13-27-9-7-8-12-32(27)25-31/h4-18,23-26,29,34H,3,19-22H2,1-2H3/t26-,34?/m1/s1. The molecule has 42 heavy (non-hydrogen) atoms. The first-order valence-electron chi connectivity index (χ1n) is 14.9. The van der Waals surface area contributed by atoms with Crippen LogP contribution >= 0.6 is 0 Å². The lowest BCUT2D eigenvalue weighted by molar-refractivity contribution is -0.150. The van der Waals surface area contributed by atoms with Crippen LogP contribution in [0.25, 0.3) is 16.5 Å². The predicted octanol–water partition coefficient (Wildman–Crippen LogP) is 6.89. The molecule has 0 saturated carbocycles. The van der Waals surface area contributed by atoms with E-state index in [2.05, 4.69) is 54.3 Å². The van der Waals surface area contributed by atoms with E-state index in [0.717, 1.165) is 42.7 Å². The quantitative estimate of drug-likeness (QED) is 0.194. The van der Waals surface area contributed by atoms with Gasteiger partial charge >= 0.3 is 11.7 Å². The number of hydrogen-bond donors (Lipinski definition) is 0. The van der Waals surface area contributed by atoms with Gasteiger partial charge in [0.15, 0.2) is 0 Å². The Morgan fingerprint density at radius 1 is 0.833 bits per heavy atom. The summed E-state index contributed by atoms with van der Waals surface area (Å²) in [7, 11) is 0. The van der Waals surface area contributed by atoms with Crippen LogP contribution in [0.4, 0.5) is 0 Å². The molecule has 214 valence electrons. The van der Waals surface area contributed by atoms with Crippen LogP contribution in [0.3, 0.4) is 0 Å². The number of imidazole rings is 1. The number of aromatic nitrogens is 2. The maximum atomic E-state index is 13.4. The molecule has 2 atom stereocenters. The third kappa shape index (κ3) is 5.55. The van der Waals surface area contributed by atoms with Crippen LogP contribution in [-0.2, 0) is 9.53 Å². The van der Waals surface area contributed by atoms with E-state index in [9.17, 15) is 9.59 Å². The molecule has 0 aliphatic carbocycles. The Morgan fingerprint density at radius 3 is 2.24 bits per heavy atom. The van der Waals surface area contributed by atoms with Gasteiger partial charge in [-0.25, -0.2) is 9.59 Å². The third-order valence-electron chi connectivity index (χ3n) is 8.64. The largest absolute Gasteiger partial charge is 0.465 e. The van der Waals surface area contributed by atoms with Crippen molar-refractivity contribution in [3.05, 3.63) is 137 Å². The van der Waals surface area contributed by atoms with Crippen LogP contribution in [0.1, 0.15) is 61.4 Å². The van der Waals surface area contributed by atoms with Crippen molar-refractivity contribution in [3.8, 4) is 5.69 Å². The van der Waals surface area contributed by atoms with Crippen molar-refractivity contribution in [3.63, 3.8) is 0 Å². The number of carbonyl (C=O) groups is 1. The third-order valence-corrected chi connectivity index (χ3v) is 8.64. The zero-order valence-electron chi connectivity index (χ0n) is 24.2. The first-order valence-corrected chi connectivity index (χ1v) is 14.9. The Kier molecular flexibility index (Phi) is 8.06. The molecular weight excluding hydrogens is 522 g/mol. The highest BCUT2D eigenvalue weighted by Gasteiger charge is 2.32. The van der Waals surface area contributed by atoms with Crippen molar-refractivity contribution < 1.29 is 9.53 Å². The van der Waals surface area contributed by atoms with Crippen LogP contribution in [0, 0.1) is 0 Å². The molecule has 1 aromatic heterocycles. The fourth-order valence-electron chi connectivity index (χ4n) is 6.26. The second-order valence-corrected chi connectivity index (χ2v) is 11.1. The Bertz CT molecular complexity index is 1710. The SMILES string of the molecule is CCOC(=O)C(c1ccccc1)N1CCC(c2ccc(-n3ccn([C@H](C)c4ccc5ccccc5c4)c3=O)cc2)CC1. The molecule has 0 amide bonds. The molecular formula is C36H37N3O3. The molecule has 1 unspecified atom stereocenters. The van der Waals surface area contributed by atoms with Crippen molar-refractivity contribution in [2.45, 2.75) is 44.7 Å². The lowest BCUT2D eigenvalue weighted by Gasteiger charge is -2.36. The predicted molar refractivity (Wildman–Crippen MR) is 167 cm³/mol. The smallest absolute Gasteiger partial charge is 0.333 e. The second kappa shape index (κ2) is 12.2. The lowest BCUT2D eigenvalue weighted by atomic mass is 9.88. The molecule has 1 aliphatic heterocycles. The number of fused-ring (bicyclic) bond motifs is 1. The number of carbonyl (C=O) groups excluding carboxylic acids is 1. The van der Waals surface area contributed by atoms with E-state index >= 15 is 0 Å². The monoisotopic (exact) mass is 559 g/mol. The van der Waals surface area contributed by atoms with E-state index in [1.807, 2.05) is 73.9 Å². The van der Waals surface area contributed by atoms with Gasteiger partial charge in [-0.2, -0.15) is 0 Å². The molecule has 2 heterocycles. The average molecular weight is 560 g/mol. The van der Waals surface area contributed by atoms with Gasteiger partial charge in [0.2, 0.25) is 0 Å². The topological polar surface area (TPSA) is 56.5 Å². The minimum atomic E-state index is -0.373. The number of nitrogens with zero attached hydrogens (tertiary/aromatic N) is 3. The zero-order valence-corrected chi connectivity index (χ0v) is 24.2. The van der Waals surface area contributed by atoms with Gasteiger partial charge < -0.3 is 4.74 Å². The number of ether oxygens (including phenoxy) is 1. The van der Waals surface area contributed by atoms with Gasteiger partial charge in [0, 0.05) is 12.4 Å². The van der Waals surface area contributed by atoms with Crippen LogP contribution < -0.4 is 5.69 Å². The van der Waals surface area contributed by atoms with Gasteiger partial charge in [-0.1, -0.05) is 78.9 Å². The van der Waals surface area contributed by atoms with Crippen molar-refractivity contribution in [2.75, 3.05) is 19.7 Å². The molecule has 1 aliphatic rings. The normalized spacial score (nSPS) is 15.9. The Balaban J connectivity index is 1.14. The zero-order chi connectivity index (χ0) is 29.1. The highest BCUT2D eigenvalue weighted by atomic mass is 16.5. The number of esters is 1. The molecule has 0 N–H and O–H groups in total. The van der Waals surface area contributed by atoms with Crippen LogP contribution in [0.5, 0.6) is 0 Å². The molecule has 0 radical (unpaired) electrons. The fraction of sp³-hybridized carbons (Fsp3) is 0.278.